The van der Waals surface area contributed by atoms with Crippen LogP contribution in [0.15, 0.2) is 47.1 Å². The maximum Gasteiger partial charge on any atom is 0.363 e. The fourth-order valence-electron chi connectivity index (χ4n) is 2.14. The van der Waals surface area contributed by atoms with E-state index in [0.29, 0.717) is 11.3 Å². The molecular weight excluding hydrogens is 312 g/mol. The van der Waals surface area contributed by atoms with E-state index in [0.717, 1.165) is 9.88 Å². The Labute approximate surface area is 138 Å². The number of esters is 1. The van der Waals surface area contributed by atoms with Gasteiger partial charge in [0.05, 0.1) is 17.7 Å². The predicted octanol–water partition coefficient (Wildman–Crippen LogP) is 3.17. The summed E-state index contributed by atoms with van der Waals surface area (Å²) in [6.45, 7) is 0. The van der Waals surface area contributed by atoms with Gasteiger partial charge in [-0.3, -0.25) is 0 Å². The molecule has 0 radical (unpaired) electrons. The quantitative estimate of drug-likeness (QED) is 0.639. The number of carbonyl (C=O) groups excluding carboxylic acids is 1. The molecule has 0 bridgehead atoms. The fraction of sp³-hybridized carbons (Fsp3) is 0.176. The number of nitrogens with zero attached hydrogens (tertiary/aromatic N) is 2. The molecule has 0 aliphatic carbocycles. The second-order valence-corrected chi connectivity index (χ2v) is 6.20. The Morgan fingerprint density at radius 2 is 2.00 bits per heavy atom. The highest BCUT2D eigenvalue weighted by Crippen LogP contribution is 2.29. The van der Waals surface area contributed by atoms with E-state index in [1.807, 2.05) is 49.3 Å². The smallest absolute Gasteiger partial charge is 0.363 e. The summed E-state index contributed by atoms with van der Waals surface area (Å²) in [7, 11) is 5.52. The van der Waals surface area contributed by atoms with Crippen LogP contribution >= 0.6 is 11.3 Å². The van der Waals surface area contributed by atoms with Crippen molar-refractivity contribution in [2.24, 2.45) is 4.99 Å². The Bertz CT molecular complexity index is 806. The van der Waals surface area contributed by atoms with Crippen LogP contribution in [-0.2, 0) is 9.53 Å². The number of thiophene rings is 1. The number of aliphatic imine (C=N–C) groups is 1. The van der Waals surface area contributed by atoms with Gasteiger partial charge in [0.25, 0.3) is 0 Å². The third-order valence-corrected chi connectivity index (χ3v) is 4.49. The van der Waals surface area contributed by atoms with Gasteiger partial charge >= 0.3 is 5.97 Å². The Kier molecular flexibility index (Phi) is 4.16. The number of methoxy groups -OCH3 is 1. The zero-order chi connectivity index (χ0) is 16.4. The number of benzene rings is 1. The molecule has 0 atom stereocenters. The van der Waals surface area contributed by atoms with Crippen LogP contribution < -0.4 is 9.64 Å². The molecule has 2 heterocycles. The Morgan fingerprint density at radius 1 is 1.22 bits per heavy atom. The van der Waals surface area contributed by atoms with Gasteiger partial charge < -0.3 is 14.4 Å². The lowest BCUT2D eigenvalue weighted by atomic mass is 10.2. The molecule has 23 heavy (non-hydrogen) atoms. The standard InChI is InChI=1S/C17H16N2O3S/c1-19(2)15-9-8-11(23-15)10-13-17(20)22-16(18-13)12-6-4-5-7-14(12)21-3/h4-10H,1-3H3/b13-10-. The van der Waals surface area contributed by atoms with Crippen molar-refractivity contribution in [1.82, 2.24) is 0 Å². The molecule has 0 unspecified atom stereocenters. The van der Waals surface area contributed by atoms with Crippen molar-refractivity contribution >= 4 is 34.3 Å². The van der Waals surface area contributed by atoms with E-state index < -0.39 is 5.97 Å². The largest absolute Gasteiger partial charge is 0.496 e. The number of ether oxygens (including phenoxy) is 2. The van der Waals surface area contributed by atoms with Crippen LogP contribution in [0.2, 0.25) is 0 Å². The van der Waals surface area contributed by atoms with E-state index in [4.69, 9.17) is 9.47 Å². The van der Waals surface area contributed by atoms with Gasteiger partial charge in [0.15, 0.2) is 5.70 Å². The van der Waals surface area contributed by atoms with Crippen LogP contribution in [0.3, 0.4) is 0 Å². The number of carbonyl (C=O) groups is 1. The summed E-state index contributed by atoms with van der Waals surface area (Å²) in [5.41, 5.74) is 0.949. The molecule has 3 rings (SSSR count). The number of cyclic esters (lactones) is 1. The van der Waals surface area contributed by atoms with E-state index >= 15 is 0 Å². The normalized spacial score (nSPS) is 15.5. The number of rotatable bonds is 4. The van der Waals surface area contributed by atoms with Gasteiger partial charge in [-0.2, -0.15) is 0 Å². The average molecular weight is 328 g/mol. The van der Waals surface area contributed by atoms with Crippen LogP contribution in [0.4, 0.5) is 5.00 Å². The molecule has 1 aliphatic rings. The summed E-state index contributed by atoms with van der Waals surface area (Å²) in [4.78, 5) is 19.3. The average Bonchev–Trinajstić information content (AvgIpc) is 3.15. The first-order valence-corrected chi connectivity index (χ1v) is 7.83. The first-order chi connectivity index (χ1) is 11.1. The molecule has 1 aromatic heterocycles. The van der Waals surface area contributed by atoms with Crippen molar-refractivity contribution in [2.75, 3.05) is 26.1 Å². The minimum atomic E-state index is -0.453. The third kappa shape index (κ3) is 3.12. The summed E-state index contributed by atoms with van der Waals surface area (Å²) in [5.74, 6) is 0.431. The molecule has 5 nitrogen and oxygen atoms in total. The van der Waals surface area contributed by atoms with E-state index in [1.165, 1.54) is 0 Å². The van der Waals surface area contributed by atoms with Gasteiger partial charge in [-0.15, -0.1) is 11.3 Å². The Hall–Kier alpha value is -2.60. The summed E-state index contributed by atoms with van der Waals surface area (Å²) in [6, 6.07) is 11.3. The predicted molar refractivity (Wildman–Crippen MR) is 92.2 cm³/mol. The molecular formula is C17H16N2O3S. The van der Waals surface area contributed by atoms with E-state index in [1.54, 1.807) is 30.6 Å². The molecule has 0 fully saturated rings. The van der Waals surface area contributed by atoms with Gasteiger partial charge in [-0.25, -0.2) is 9.79 Å². The highest BCUT2D eigenvalue weighted by Gasteiger charge is 2.26. The Morgan fingerprint density at radius 3 is 2.70 bits per heavy atom. The summed E-state index contributed by atoms with van der Waals surface area (Å²) >= 11 is 1.58. The van der Waals surface area contributed by atoms with Crippen LogP contribution in [0.25, 0.3) is 6.08 Å². The second kappa shape index (κ2) is 6.26. The van der Waals surface area contributed by atoms with Crippen molar-refractivity contribution < 1.29 is 14.3 Å². The second-order valence-electron chi connectivity index (χ2n) is 5.11. The first kappa shape index (κ1) is 15.3. The van der Waals surface area contributed by atoms with Crippen molar-refractivity contribution in [1.29, 1.82) is 0 Å². The minimum Gasteiger partial charge on any atom is -0.496 e. The van der Waals surface area contributed by atoms with Gasteiger partial charge in [0, 0.05) is 19.0 Å². The number of hydrogen-bond donors (Lipinski definition) is 0. The minimum absolute atomic E-state index is 0.267. The van der Waals surface area contributed by atoms with Crippen LogP contribution in [0, 0.1) is 0 Å². The lowest BCUT2D eigenvalue weighted by molar-refractivity contribution is -0.129. The maximum atomic E-state index is 12.1. The topological polar surface area (TPSA) is 51.1 Å². The van der Waals surface area contributed by atoms with Gasteiger partial charge in [-0.1, -0.05) is 12.1 Å². The van der Waals surface area contributed by atoms with Crippen molar-refractivity contribution in [2.45, 2.75) is 0 Å². The third-order valence-electron chi connectivity index (χ3n) is 3.29. The van der Waals surface area contributed by atoms with E-state index in [2.05, 4.69) is 4.99 Å². The highest BCUT2D eigenvalue weighted by atomic mass is 32.1. The first-order valence-electron chi connectivity index (χ1n) is 7.01. The highest BCUT2D eigenvalue weighted by molar-refractivity contribution is 7.16. The zero-order valence-corrected chi connectivity index (χ0v) is 13.9. The molecule has 0 saturated carbocycles. The number of anilines is 1. The van der Waals surface area contributed by atoms with Crippen LogP contribution in [0.5, 0.6) is 5.75 Å². The zero-order valence-electron chi connectivity index (χ0n) is 13.1. The monoisotopic (exact) mass is 328 g/mol. The van der Waals surface area contributed by atoms with Gasteiger partial charge in [0.1, 0.15) is 5.75 Å². The van der Waals surface area contributed by atoms with E-state index in [-0.39, 0.29) is 11.6 Å². The van der Waals surface area contributed by atoms with Crippen molar-refractivity contribution in [3.05, 3.63) is 52.5 Å². The summed E-state index contributed by atoms with van der Waals surface area (Å²) < 4.78 is 10.6. The molecule has 0 amide bonds. The molecule has 1 aliphatic heterocycles. The van der Waals surface area contributed by atoms with E-state index in [9.17, 15) is 4.79 Å². The summed E-state index contributed by atoms with van der Waals surface area (Å²) in [5, 5.41) is 1.11. The van der Waals surface area contributed by atoms with Crippen molar-refractivity contribution in [3.63, 3.8) is 0 Å². The molecule has 0 saturated heterocycles. The van der Waals surface area contributed by atoms with Gasteiger partial charge in [0.2, 0.25) is 5.90 Å². The number of hydrogen-bond acceptors (Lipinski definition) is 6. The molecule has 0 spiro atoms. The lowest BCUT2D eigenvalue weighted by Gasteiger charge is -2.06. The molecule has 6 heteroatoms. The lowest BCUT2D eigenvalue weighted by Crippen LogP contribution is -2.06. The SMILES string of the molecule is COc1ccccc1C1=N/C(=C\c2ccc(N(C)C)s2)C(=O)O1. The maximum absolute atomic E-state index is 12.1. The molecule has 118 valence electrons. The Balaban J connectivity index is 1.93. The van der Waals surface area contributed by atoms with Crippen molar-refractivity contribution in [3.8, 4) is 5.75 Å². The van der Waals surface area contributed by atoms with Crippen LogP contribution in [0.1, 0.15) is 10.4 Å². The summed E-state index contributed by atoms with van der Waals surface area (Å²) in [6.07, 6.45) is 1.74. The molecule has 0 N–H and O–H groups in total. The molecule has 2 aromatic rings. The number of para-hydroxylation sites is 1. The fourth-order valence-corrected chi connectivity index (χ4v) is 3.01. The van der Waals surface area contributed by atoms with Gasteiger partial charge in [-0.05, 0) is 30.3 Å². The molecule has 1 aromatic carbocycles. The van der Waals surface area contributed by atoms with Crippen LogP contribution in [-0.4, -0.2) is 33.1 Å².